The Balaban J connectivity index is 1.44. The first-order chi connectivity index (χ1) is 30.1. The molecule has 0 spiro atoms. The van der Waals surface area contributed by atoms with Crippen LogP contribution in [-0.2, 0) is 72.1 Å². The van der Waals surface area contributed by atoms with Gasteiger partial charge in [-0.1, -0.05) is 25.1 Å². The number of anilines is 1. The standard InChI is InChI=1S/C42H59N7O15/c1-22(2)33(45-30(50)19-28(49-31(51)12-13-32(49)52)27-20-48(47-46-27)14-15-62-17-16-61-7)39(57)43-23(3)38(56)44-26-10-8-25(21-63-41(60)42(4,5)6)24(18-26)9-11-29-34(53)35(54)36(55)37(64-29)40(58)59/h8,10,12-13,18,20,22-23,28-29,33-37,53-55H,9,11,14-17,19,21H2,1-7H3,(H,43,57)(H,44,56)(H,45,50)(H,58,59)/t23-,28-,29-,33-,34-,35+,36-,37-/m0/s1. The molecule has 3 heterocycles. The fourth-order valence-electron chi connectivity index (χ4n) is 6.72. The molecule has 1 aromatic carbocycles. The number of nitrogens with one attached hydrogen (secondary N) is 3. The molecular formula is C42H59N7O15. The van der Waals surface area contributed by atoms with Crippen molar-refractivity contribution in [2.75, 3.05) is 32.2 Å². The van der Waals surface area contributed by atoms with Gasteiger partial charge in [-0.15, -0.1) is 5.10 Å². The summed E-state index contributed by atoms with van der Waals surface area (Å²) in [6, 6.07) is 1.22. The SMILES string of the molecule is COCCOCCn1cc([C@H](CC(=O)N[C@H](C(=O)N[C@@H](C)C(=O)Nc2ccc(COC(=O)C(C)(C)C)c(CC[C@@H]3O[C@H](C(=O)O)[C@@H](O)[C@H](O)[C@H]3O)c2)C(C)C)N2C(=O)C=CC2=O)nn1. The molecule has 5 amide bonds. The van der Waals surface area contributed by atoms with Gasteiger partial charge in [0.15, 0.2) is 6.10 Å². The van der Waals surface area contributed by atoms with Crippen molar-refractivity contribution < 1.29 is 72.9 Å². The lowest BCUT2D eigenvalue weighted by molar-refractivity contribution is -0.228. The number of methoxy groups -OCH3 is 1. The Hall–Kier alpha value is -5.65. The summed E-state index contributed by atoms with van der Waals surface area (Å²) >= 11 is 0. The van der Waals surface area contributed by atoms with E-state index >= 15 is 0 Å². The van der Waals surface area contributed by atoms with Gasteiger partial charge in [-0.25, -0.2) is 9.48 Å². The topological polar surface area (TPSA) is 307 Å². The number of hydrogen-bond donors (Lipinski definition) is 7. The number of esters is 1. The first kappa shape index (κ1) is 51.0. The first-order valence-electron chi connectivity index (χ1n) is 20.8. The molecule has 0 bridgehead atoms. The highest BCUT2D eigenvalue weighted by molar-refractivity contribution is 6.13. The Labute approximate surface area is 369 Å². The van der Waals surface area contributed by atoms with Crippen LogP contribution in [0.5, 0.6) is 0 Å². The van der Waals surface area contributed by atoms with E-state index in [9.17, 15) is 54.0 Å². The lowest BCUT2D eigenvalue weighted by Gasteiger charge is -2.39. The summed E-state index contributed by atoms with van der Waals surface area (Å²) in [5.41, 5.74) is 0.612. The second-order valence-corrected chi connectivity index (χ2v) is 16.9. The number of carbonyl (C=O) groups is 7. The van der Waals surface area contributed by atoms with Crippen molar-refractivity contribution in [1.82, 2.24) is 30.5 Å². The smallest absolute Gasteiger partial charge is 0.335 e. The van der Waals surface area contributed by atoms with Crippen molar-refractivity contribution in [1.29, 1.82) is 0 Å². The molecule has 2 aliphatic heterocycles. The Morgan fingerprint density at radius 1 is 0.906 bits per heavy atom. The van der Waals surface area contributed by atoms with E-state index in [1.807, 2.05) is 0 Å². The molecule has 22 nitrogen and oxygen atoms in total. The van der Waals surface area contributed by atoms with Crippen LogP contribution in [-0.4, -0.2) is 151 Å². The summed E-state index contributed by atoms with van der Waals surface area (Å²) < 4.78 is 22.8. The van der Waals surface area contributed by atoms with Crippen molar-refractivity contribution in [3.8, 4) is 0 Å². The number of aliphatic carboxylic acids is 1. The fourth-order valence-corrected chi connectivity index (χ4v) is 6.72. The molecule has 0 saturated carbocycles. The maximum absolute atomic E-state index is 13.6. The average molecular weight is 902 g/mol. The number of imide groups is 1. The molecule has 0 radical (unpaired) electrons. The van der Waals surface area contributed by atoms with Crippen molar-refractivity contribution in [3.63, 3.8) is 0 Å². The number of aryl methyl sites for hydroxylation is 1. The largest absolute Gasteiger partial charge is 0.479 e. The van der Waals surface area contributed by atoms with Gasteiger partial charge in [0, 0.05) is 24.9 Å². The Kier molecular flexibility index (Phi) is 18.2. The van der Waals surface area contributed by atoms with Crippen LogP contribution in [0.25, 0.3) is 0 Å². The Morgan fingerprint density at radius 3 is 2.22 bits per heavy atom. The van der Waals surface area contributed by atoms with Gasteiger partial charge in [-0.3, -0.25) is 33.7 Å². The second kappa shape index (κ2) is 22.8. The lowest BCUT2D eigenvalue weighted by Crippen LogP contribution is -2.59. The summed E-state index contributed by atoms with van der Waals surface area (Å²) in [4.78, 5) is 91.3. The minimum atomic E-state index is -1.87. The number of ether oxygens (including phenoxy) is 4. The highest BCUT2D eigenvalue weighted by atomic mass is 16.6. The number of benzene rings is 1. The number of carbonyl (C=O) groups excluding carboxylic acids is 6. The van der Waals surface area contributed by atoms with Gasteiger partial charge in [-0.05, 0) is 69.7 Å². The molecule has 1 saturated heterocycles. The van der Waals surface area contributed by atoms with Crippen molar-refractivity contribution in [2.45, 2.75) is 123 Å². The van der Waals surface area contributed by atoms with Crippen LogP contribution in [0.1, 0.15) is 77.2 Å². The minimum Gasteiger partial charge on any atom is -0.479 e. The number of hydrogen-bond acceptors (Lipinski definition) is 16. The normalized spacial score (nSPS) is 21.4. The van der Waals surface area contributed by atoms with E-state index in [4.69, 9.17) is 18.9 Å². The maximum atomic E-state index is 13.6. The average Bonchev–Trinajstić information content (AvgIpc) is 3.84. The highest BCUT2D eigenvalue weighted by Crippen LogP contribution is 2.29. The number of nitrogens with zero attached hydrogens (tertiary/aromatic N) is 4. The number of rotatable bonds is 22. The summed E-state index contributed by atoms with van der Waals surface area (Å²) in [5, 5.41) is 56.6. The Bertz CT molecular complexity index is 2010. The van der Waals surface area contributed by atoms with Crippen molar-refractivity contribution >= 4 is 47.2 Å². The van der Waals surface area contributed by atoms with Crippen LogP contribution < -0.4 is 16.0 Å². The maximum Gasteiger partial charge on any atom is 0.335 e. The number of aliphatic hydroxyl groups excluding tert-OH is 3. The highest BCUT2D eigenvalue weighted by Gasteiger charge is 2.46. The van der Waals surface area contributed by atoms with Crippen LogP contribution in [0.3, 0.4) is 0 Å². The number of aromatic nitrogens is 3. The number of carboxylic acids is 1. The van der Waals surface area contributed by atoms with Gasteiger partial charge in [0.05, 0.1) is 56.5 Å². The van der Waals surface area contributed by atoms with Gasteiger partial charge in [0.25, 0.3) is 11.8 Å². The predicted octanol–water partition coefficient (Wildman–Crippen LogP) is -0.462. The molecule has 4 rings (SSSR count). The van der Waals surface area contributed by atoms with E-state index < -0.39 is 108 Å². The zero-order chi connectivity index (χ0) is 47.5. The van der Waals surface area contributed by atoms with E-state index in [2.05, 4.69) is 26.3 Å². The molecule has 2 aromatic rings. The van der Waals surface area contributed by atoms with Gasteiger partial charge < -0.3 is 55.3 Å². The van der Waals surface area contributed by atoms with E-state index in [0.29, 0.717) is 24.3 Å². The molecule has 0 unspecified atom stereocenters. The fraction of sp³-hybridized carbons (Fsp3) is 0.595. The monoisotopic (exact) mass is 901 g/mol. The molecule has 8 atom stereocenters. The van der Waals surface area contributed by atoms with Crippen LogP contribution in [0.4, 0.5) is 5.69 Å². The molecule has 7 N–H and O–H groups in total. The lowest BCUT2D eigenvalue weighted by atomic mass is 9.91. The van der Waals surface area contributed by atoms with E-state index in [1.54, 1.807) is 53.9 Å². The summed E-state index contributed by atoms with van der Waals surface area (Å²) in [6.07, 6.45) is -5.08. The Morgan fingerprint density at radius 2 is 1.59 bits per heavy atom. The third kappa shape index (κ3) is 13.7. The summed E-state index contributed by atoms with van der Waals surface area (Å²) in [6.45, 7) is 11.0. The van der Waals surface area contributed by atoms with E-state index in [-0.39, 0.29) is 44.0 Å². The number of carboxylic acid groups (broad SMARTS) is 1. The predicted molar refractivity (Wildman–Crippen MR) is 222 cm³/mol. The molecular weight excluding hydrogens is 842 g/mol. The molecule has 0 aliphatic carbocycles. The van der Waals surface area contributed by atoms with Crippen molar-refractivity contribution in [2.24, 2.45) is 11.3 Å². The number of amides is 5. The third-order valence-corrected chi connectivity index (χ3v) is 10.4. The number of aliphatic hydroxyl groups is 3. The van der Waals surface area contributed by atoms with Crippen LogP contribution in [0.2, 0.25) is 0 Å². The quantitative estimate of drug-likeness (QED) is 0.0447. The van der Waals surface area contributed by atoms with Gasteiger partial charge in [0.1, 0.15) is 42.7 Å². The van der Waals surface area contributed by atoms with Gasteiger partial charge in [-0.2, -0.15) is 0 Å². The zero-order valence-corrected chi connectivity index (χ0v) is 36.9. The van der Waals surface area contributed by atoms with Crippen LogP contribution >= 0.6 is 0 Å². The van der Waals surface area contributed by atoms with E-state index in [1.165, 1.54) is 23.9 Å². The van der Waals surface area contributed by atoms with Gasteiger partial charge >= 0.3 is 11.9 Å². The summed E-state index contributed by atoms with van der Waals surface area (Å²) in [5.74, 6) is -5.87. The third-order valence-electron chi connectivity index (χ3n) is 10.4. The molecule has 22 heteroatoms. The zero-order valence-electron chi connectivity index (χ0n) is 36.9. The molecule has 1 aromatic heterocycles. The van der Waals surface area contributed by atoms with Crippen LogP contribution in [0, 0.1) is 11.3 Å². The second-order valence-electron chi connectivity index (χ2n) is 16.9. The van der Waals surface area contributed by atoms with Crippen molar-refractivity contribution in [3.05, 3.63) is 53.4 Å². The molecule has 2 aliphatic rings. The van der Waals surface area contributed by atoms with Gasteiger partial charge in [0.2, 0.25) is 17.7 Å². The van der Waals surface area contributed by atoms with Crippen LogP contribution in [0.15, 0.2) is 36.5 Å². The summed E-state index contributed by atoms with van der Waals surface area (Å²) in [7, 11) is 1.55. The molecule has 352 valence electrons. The first-order valence-corrected chi connectivity index (χ1v) is 20.8. The molecule has 64 heavy (non-hydrogen) atoms. The van der Waals surface area contributed by atoms with E-state index in [0.717, 1.165) is 17.1 Å². The minimum absolute atomic E-state index is 0.0470. The molecule has 1 fully saturated rings.